The minimum atomic E-state index is -2.05. The molecule has 21 heteroatoms. The summed E-state index contributed by atoms with van der Waals surface area (Å²) in [6, 6.07) is 5.15. The van der Waals surface area contributed by atoms with Crippen LogP contribution in [0, 0.1) is 0 Å². The minimum absolute atomic E-state index is 0.122. The van der Waals surface area contributed by atoms with E-state index < -0.39 is 150 Å². The molecular formula is C33H40O21. The van der Waals surface area contributed by atoms with Gasteiger partial charge in [-0.3, -0.25) is 4.79 Å². The van der Waals surface area contributed by atoms with Crippen molar-refractivity contribution in [2.75, 3.05) is 13.2 Å². The number of phenols is 3. The molecular weight excluding hydrogens is 732 g/mol. The molecule has 0 amide bonds. The van der Waals surface area contributed by atoms with Gasteiger partial charge >= 0.3 is 0 Å². The van der Waals surface area contributed by atoms with Crippen LogP contribution in [0.3, 0.4) is 0 Å². The molecule has 6 rings (SSSR count). The summed E-state index contributed by atoms with van der Waals surface area (Å²) in [5.74, 6) is -3.63. The second kappa shape index (κ2) is 15.7. The van der Waals surface area contributed by atoms with Gasteiger partial charge in [-0.15, -0.1) is 0 Å². The van der Waals surface area contributed by atoms with Crippen LogP contribution in [0.2, 0.25) is 0 Å². The first-order valence-corrected chi connectivity index (χ1v) is 16.5. The quantitative estimate of drug-likeness (QED) is 0.0917. The van der Waals surface area contributed by atoms with Crippen molar-refractivity contribution in [2.24, 2.45) is 0 Å². The summed E-state index contributed by atoms with van der Waals surface area (Å²) in [6.45, 7) is -0.0204. The second-order valence-electron chi connectivity index (χ2n) is 13.1. The van der Waals surface area contributed by atoms with Crippen molar-refractivity contribution in [1.82, 2.24) is 0 Å². The Bertz CT molecular complexity index is 1850. The largest absolute Gasteiger partial charge is 0.507 e. The van der Waals surface area contributed by atoms with Gasteiger partial charge in [0.2, 0.25) is 23.8 Å². The number of benzene rings is 2. The highest BCUT2D eigenvalue weighted by Crippen LogP contribution is 2.40. The first-order valence-electron chi connectivity index (χ1n) is 16.5. The number of ether oxygens (including phenoxy) is 6. The number of phenolic OH excluding ortho intramolecular Hbond substituents is 3. The highest BCUT2D eigenvalue weighted by atomic mass is 16.7. The van der Waals surface area contributed by atoms with Gasteiger partial charge in [-0.2, -0.15) is 0 Å². The molecule has 3 fully saturated rings. The van der Waals surface area contributed by atoms with Crippen LogP contribution in [0.5, 0.6) is 28.7 Å². The van der Waals surface area contributed by atoms with Gasteiger partial charge in [-0.25, -0.2) is 0 Å². The van der Waals surface area contributed by atoms with E-state index in [1.165, 1.54) is 13.0 Å². The Morgan fingerprint density at radius 1 is 0.630 bits per heavy atom. The fourth-order valence-electron chi connectivity index (χ4n) is 6.19. The summed E-state index contributed by atoms with van der Waals surface area (Å²) in [5, 5.41) is 133. The maximum Gasteiger partial charge on any atom is 0.239 e. The maximum absolute atomic E-state index is 14.1. The molecule has 298 valence electrons. The average molecular weight is 773 g/mol. The van der Waals surface area contributed by atoms with Gasteiger partial charge < -0.3 is 99.2 Å². The summed E-state index contributed by atoms with van der Waals surface area (Å²) < 4.78 is 39.1. The third-order valence-electron chi connectivity index (χ3n) is 9.38. The molecule has 3 aliphatic rings. The monoisotopic (exact) mass is 772 g/mol. The Morgan fingerprint density at radius 2 is 1.22 bits per heavy atom. The zero-order valence-corrected chi connectivity index (χ0v) is 28.0. The topological polar surface area (TPSA) is 349 Å². The third-order valence-corrected chi connectivity index (χ3v) is 9.38. The molecule has 4 heterocycles. The molecule has 1 aromatic heterocycles. The molecule has 2 aromatic carbocycles. The fourth-order valence-corrected chi connectivity index (χ4v) is 6.19. The Balaban J connectivity index is 1.34. The lowest BCUT2D eigenvalue weighted by molar-refractivity contribution is -0.318. The normalized spacial score (nSPS) is 37.3. The molecule has 15 atom stereocenters. The van der Waals surface area contributed by atoms with Crippen molar-refractivity contribution in [3.05, 3.63) is 40.6 Å². The molecule has 3 saturated heterocycles. The summed E-state index contributed by atoms with van der Waals surface area (Å²) in [5.41, 5.74) is -1.66. The van der Waals surface area contributed by atoms with Gasteiger partial charge in [0.05, 0.1) is 19.3 Å². The van der Waals surface area contributed by atoms with E-state index in [0.29, 0.717) is 0 Å². The molecule has 3 aliphatic heterocycles. The lowest BCUT2D eigenvalue weighted by atomic mass is 9.98. The number of rotatable bonds is 9. The van der Waals surface area contributed by atoms with Crippen molar-refractivity contribution < 1.29 is 99.2 Å². The highest BCUT2D eigenvalue weighted by Gasteiger charge is 2.48. The number of aliphatic hydroxyl groups excluding tert-OH is 10. The first kappa shape index (κ1) is 39.8. The minimum Gasteiger partial charge on any atom is -0.507 e. The van der Waals surface area contributed by atoms with Crippen LogP contribution in [0.25, 0.3) is 22.3 Å². The van der Waals surface area contributed by atoms with Gasteiger partial charge in [0, 0.05) is 17.7 Å². The predicted octanol–water partition coefficient (Wildman–Crippen LogP) is -4.21. The summed E-state index contributed by atoms with van der Waals surface area (Å²) in [6.07, 6.45) is -25.1. The van der Waals surface area contributed by atoms with Crippen LogP contribution in [0.15, 0.2) is 39.5 Å². The summed E-state index contributed by atoms with van der Waals surface area (Å²) >= 11 is 0. The molecule has 0 bridgehead atoms. The molecule has 0 unspecified atom stereocenters. The number of aliphatic hydroxyl groups is 10. The summed E-state index contributed by atoms with van der Waals surface area (Å²) in [4.78, 5) is 14.1. The zero-order valence-electron chi connectivity index (χ0n) is 28.0. The number of fused-ring (bicyclic) bond motifs is 1. The Kier molecular flexibility index (Phi) is 11.5. The Hall–Kier alpha value is -3.91. The van der Waals surface area contributed by atoms with Crippen molar-refractivity contribution in [2.45, 2.75) is 99.0 Å². The van der Waals surface area contributed by atoms with E-state index in [9.17, 15) is 71.2 Å². The van der Waals surface area contributed by atoms with Crippen molar-refractivity contribution in [3.8, 4) is 40.1 Å². The van der Waals surface area contributed by atoms with E-state index >= 15 is 0 Å². The first-order chi connectivity index (χ1) is 25.5. The van der Waals surface area contributed by atoms with Gasteiger partial charge in [-0.05, 0) is 25.1 Å². The number of aromatic hydroxyl groups is 3. The molecule has 54 heavy (non-hydrogen) atoms. The lowest BCUT2D eigenvalue weighted by Gasteiger charge is -2.42. The van der Waals surface area contributed by atoms with Gasteiger partial charge in [-0.1, -0.05) is 0 Å². The van der Waals surface area contributed by atoms with Crippen molar-refractivity contribution in [1.29, 1.82) is 0 Å². The molecule has 0 aliphatic carbocycles. The van der Waals surface area contributed by atoms with Gasteiger partial charge in [0.25, 0.3) is 0 Å². The van der Waals surface area contributed by atoms with Gasteiger partial charge in [0.1, 0.15) is 89.6 Å². The average Bonchev–Trinajstić information content (AvgIpc) is 3.14. The van der Waals surface area contributed by atoms with Crippen molar-refractivity contribution >= 4 is 11.0 Å². The zero-order chi connectivity index (χ0) is 39.3. The van der Waals surface area contributed by atoms with Crippen LogP contribution in [0.1, 0.15) is 6.92 Å². The van der Waals surface area contributed by atoms with Crippen molar-refractivity contribution in [3.63, 3.8) is 0 Å². The maximum atomic E-state index is 14.1. The van der Waals surface area contributed by atoms with E-state index in [2.05, 4.69) is 0 Å². The van der Waals surface area contributed by atoms with Crippen LogP contribution < -0.4 is 14.9 Å². The molecule has 3 aromatic rings. The molecule has 13 N–H and O–H groups in total. The van der Waals surface area contributed by atoms with E-state index in [1.54, 1.807) is 0 Å². The van der Waals surface area contributed by atoms with Crippen LogP contribution in [0.4, 0.5) is 0 Å². The molecule has 0 saturated carbocycles. The fraction of sp³-hybridized carbons (Fsp3) is 0.545. The SMILES string of the molecule is C[C@H]1O[C@H](OC[C@@H]2O[C@H](Oc3c(-c4ccc(O)c(O)c4)oc4cc(O[C@@H]5O[C@H](CO)[C@H](O)[C@@H](O)[C@H]5O)cc(O)c4c3=O)[C@H](O)[C@H](O)[C@H]2O)[C@H](O)[C@H](O)[C@H]1O. The Labute approximate surface area is 303 Å². The molecule has 0 spiro atoms. The smallest absolute Gasteiger partial charge is 0.239 e. The highest BCUT2D eigenvalue weighted by molar-refractivity contribution is 5.88. The molecule has 0 radical (unpaired) electrons. The van der Waals surface area contributed by atoms with Crippen LogP contribution in [-0.2, 0) is 18.9 Å². The van der Waals surface area contributed by atoms with E-state index in [1.807, 2.05) is 0 Å². The molecule has 21 nitrogen and oxygen atoms in total. The predicted molar refractivity (Wildman–Crippen MR) is 173 cm³/mol. The Morgan fingerprint density at radius 3 is 1.87 bits per heavy atom. The standard InChI is InChI=1S/C33H40O21/c1-9-19(38)23(42)26(45)31(49-9)48-8-17-21(40)25(44)28(47)33(53-17)54-30-22(41)18-14(37)5-11(50-32-27(46)24(43)20(39)16(7-34)52-32)6-15(18)51-29(30)10-2-3-12(35)13(36)4-10/h2-6,9,16-17,19-21,23-28,31-40,42-47H,7-8H2,1H3/t9-,16-,17+,19+,20+,21+,23-,24-,25-,26-,27-,28-,31+,32-,33-/m1/s1. The third kappa shape index (κ3) is 7.39. The number of hydrogen-bond acceptors (Lipinski definition) is 21. The number of hydrogen-bond donors (Lipinski definition) is 13. The van der Waals surface area contributed by atoms with Crippen LogP contribution in [-0.4, -0.2) is 172 Å². The van der Waals surface area contributed by atoms with E-state index in [4.69, 9.17) is 32.8 Å². The summed E-state index contributed by atoms with van der Waals surface area (Å²) in [7, 11) is 0. The van der Waals surface area contributed by atoms with Gasteiger partial charge in [0.15, 0.2) is 23.5 Å². The van der Waals surface area contributed by atoms with E-state index in [0.717, 1.165) is 24.3 Å². The lowest BCUT2D eigenvalue weighted by Crippen LogP contribution is -2.61. The van der Waals surface area contributed by atoms with E-state index in [-0.39, 0.29) is 11.3 Å². The van der Waals surface area contributed by atoms with Crippen LogP contribution >= 0.6 is 0 Å². The second-order valence-corrected chi connectivity index (χ2v) is 13.1.